The SMILES string of the molecule is N#CCCCCC(CCNC=O)CCN1CCN(c2cc(F)cc(C(F)(F)F)c2)CC1. The van der Waals surface area contributed by atoms with Crippen LogP contribution in [0.5, 0.6) is 0 Å². The van der Waals surface area contributed by atoms with Crippen molar-refractivity contribution in [2.75, 3.05) is 44.2 Å². The number of alkyl halides is 3. The van der Waals surface area contributed by atoms with Crippen molar-refractivity contribution < 1.29 is 22.4 Å². The van der Waals surface area contributed by atoms with Gasteiger partial charge in [0.05, 0.1) is 11.6 Å². The Kier molecular flexibility index (Phi) is 10.0. The quantitative estimate of drug-likeness (QED) is 0.300. The average Bonchev–Trinajstić information content (AvgIpc) is 2.74. The van der Waals surface area contributed by atoms with E-state index in [-0.39, 0.29) is 5.69 Å². The molecule has 0 aromatic heterocycles. The molecule has 1 aliphatic heterocycles. The normalized spacial score (nSPS) is 16.0. The van der Waals surface area contributed by atoms with Gasteiger partial charge in [-0.25, -0.2) is 4.39 Å². The van der Waals surface area contributed by atoms with Gasteiger partial charge in [-0.3, -0.25) is 9.69 Å². The fourth-order valence-corrected chi connectivity index (χ4v) is 3.93. The summed E-state index contributed by atoms with van der Waals surface area (Å²) in [6.07, 6.45) is 1.39. The maximum Gasteiger partial charge on any atom is 0.416 e. The Bertz CT molecular complexity index is 727. The number of nitriles is 1. The standard InChI is InChI=1S/C22H30F4N4O/c23-20-14-19(22(24,25)26)15-21(16-20)30-12-10-29(11-13-30)9-6-18(5-8-28-17-31)4-2-1-3-7-27/h14-18H,1-6,8-13H2,(H,28,31). The van der Waals surface area contributed by atoms with Gasteiger partial charge in [0.25, 0.3) is 0 Å². The molecule has 1 heterocycles. The van der Waals surface area contributed by atoms with Crippen LogP contribution in [0.4, 0.5) is 23.2 Å². The lowest BCUT2D eigenvalue weighted by molar-refractivity contribution is -0.137. The van der Waals surface area contributed by atoms with E-state index in [4.69, 9.17) is 5.26 Å². The summed E-state index contributed by atoms with van der Waals surface area (Å²) >= 11 is 0. The second-order valence-electron chi connectivity index (χ2n) is 7.94. The number of carbonyl (C=O) groups is 1. The first-order chi connectivity index (χ1) is 14.8. The number of amides is 1. The first-order valence-corrected chi connectivity index (χ1v) is 10.7. The Morgan fingerprint density at radius 3 is 2.48 bits per heavy atom. The molecule has 0 bridgehead atoms. The van der Waals surface area contributed by atoms with Gasteiger partial charge >= 0.3 is 6.18 Å². The summed E-state index contributed by atoms with van der Waals surface area (Å²) in [6, 6.07) is 4.84. The molecule has 1 aromatic carbocycles. The molecule has 1 aromatic rings. The van der Waals surface area contributed by atoms with Gasteiger partial charge in [-0.05, 0) is 49.9 Å². The van der Waals surface area contributed by atoms with E-state index in [1.807, 2.05) is 0 Å². The first-order valence-electron chi connectivity index (χ1n) is 10.7. The topological polar surface area (TPSA) is 59.4 Å². The predicted molar refractivity (Wildman–Crippen MR) is 111 cm³/mol. The maximum absolute atomic E-state index is 13.7. The van der Waals surface area contributed by atoms with Crippen LogP contribution < -0.4 is 10.2 Å². The van der Waals surface area contributed by atoms with E-state index in [2.05, 4.69) is 16.3 Å². The highest BCUT2D eigenvalue weighted by Crippen LogP contribution is 2.33. The van der Waals surface area contributed by atoms with Crippen molar-refractivity contribution in [1.29, 1.82) is 5.26 Å². The summed E-state index contributed by atoms with van der Waals surface area (Å²) in [6.45, 7) is 3.98. The number of benzene rings is 1. The molecule has 1 N–H and O–H groups in total. The molecule has 1 amide bonds. The monoisotopic (exact) mass is 442 g/mol. The van der Waals surface area contributed by atoms with Gasteiger partial charge in [0, 0.05) is 44.8 Å². The number of carbonyl (C=O) groups excluding carboxylic acids is 1. The number of piperazine rings is 1. The summed E-state index contributed by atoms with van der Waals surface area (Å²) < 4.78 is 52.6. The van der Waals surface area contributed by atoms with Crippen LogP contribution in [0.25, 0.3) is 0 Å². The number of rotatable bonds is 12. The molecule has 1 atom stereocenters. The van der Waals surface area contributed by atoms with Crippen LogP contribution in [0, 0.1) is 23.1 Å². The van der Waals surface area contributed by atoms with Crippen LogP contribution in [-0.4, -0.2) is 50.6 Å². The van der Waals surface area contributed by atoms with Crippen LogP contribution >= 0.6 is 0 Å². The molecular weight excluding hydrogens is 412 g/mol. The minimum Gasteiger partial charge on any atom is -0.369 e. The number of nitrogens with zero attached hydrogens (tertiary/aromatic N) is 3. The Hall–Kier alpha value is -2.34. The lowest BCUT2D eigenvalue weighted by atomic mass is 9.94. The molecule has 5 nitrogen and oxygen atoms in total. The van der Waals surface area contributed by atoms with Gasteiger partial charge in [-0.15, -0.1) is 0 Å². The molecule has 31 heavy (non-hydrogen) atoms. The van der Waals surface area contributed by atoms with E-state index < -0.39 is 17.6 Å². The maximum atomic E-state index is 13.7. The fourth-order valence-electron chi connectivity index (χ4n) is 3.93. The van der Waals surface area contributed by atoms with Gasteiger partial charge in [0.2, 0.25) is 6.41 Å². The van der Waals surface area contributed by atoms with Crippen LogP contribution in [0.1, 0.15) is 44.1 Å². The highest BCUT2D eigenvalue weighted by atomic mass is 19.4. The number of nitrogens with one attached hydrogen (secondary N) is 1. The third-order valence-corrected chi connectivity index (χ3v) is 5.73. The average molecular weight is 443 g/mol. The summed E-state index contributed by atoms with van der Waals surface area (Å²) in [5, 5.41) is 11.4. The Balaban J connectivity index is 1.83. The molecule has 1 saturated heterocycles. The molecule has 0 spiro atoms. The minimum absolute atomic E-state index is 0.266. The minimum atomic E-state index is -4.57. The lowest BCUT2D eigenvalue weighted by Gasteiger charge is -2.37. The van der Waals surface area contributed by atoms with Gasteiger partial charge in [-0.1, -0.05) is 12.8 Å². The third-order valence-electron chi connectivity index (χ3n) is 5.73. The number of anilines is 1. The van der Waals surface area contributed by atoms with Crippen molar-refractivity contribution in [3.63, 3.8) is 0 Å². The van der Waals surface area contributed by atoms with Crippen molar-refractivity contribution in [2.24, 2.45) is 5.92 Å². The number of hydrogen-bond acceptors (Lipinski definition) is 4. The molecule has 172 valence electrons. The highest BCUT2D eigenvalue weighted by Gasteiger charge is 2.32. The molecule has 2 rings (SSSR count). The summed E-state index contributed by atoms with van der Waals surface area (Å²) in [4.78, 5) is 14.6. The zero-order valence-electron chi connectivity index (χ0n) is 17.6. The molecule has 1 unspecified atom stereocenters. The fraction of sp³-hybridized carbons (Fsp3) is 0.636. The zero-order chi connectivity index (χ0) is 22.7. The number of hydrogen-bond donors (Lipinski definition) is 1. The summed E-state index contributed by atoms with van der Waals surface area (Å²) in [5.41, 5.74) is -0.699. The van der Waals surface area contributed by atoms with Crippen molar-refractivity contribution in [2.45, 2.75) is 44.7 Å². The Labute approximate surface area is 181 Å². The summed E-state index contributed by atoms with van der Waals surface area (Å²) in [5.74, 6) is -0.433. The molecule has 1 aliphatic rings. The number of unbranched alkanes of at least 4 members (excludes halogenated alkanes) is 2. The first kappa shape index (κ1) is 24.9. The lowest BCUT2D eigenvalue weighted by Crippen LogP contribution is -2.47. The van der Waals surface area contributed by atoms with Crippen molar-refractivity contribution in [3.05, 3.63) is 29.6 Å². The molecule has 0 saturated carbocycles. The highest BCUT2D eigenvalue weighted by molar-refractivity contribution is 5.50. The van der Waals surface area contributed by atoms with E-state index in [0.29, 0.717) is 57.5 Å². The number of halogens is 4. The van der Waals surface area contributed by atoms with E-state index in [1.165, 1.54) is 0 Å². The second kappa shape index (κ2) is 12.5. The van der Waals surface area contributed by atoms with Crippen molar-refractivity contribution in [3.8, 4) is 6.07 Å². The zero-order valence-corrected chi connectivity index (χ0v) is 17.6. The molecule has 0 aliphatic carbocycles. The Morgan fingerprint density at radius 1 is 1.10 bits per heavy atom. The summed E-state index contributed by atoms with van der Waals surface area (Å²) in [7, 11) is 0. The van der Waals surface area contributed by atoms with Gasteiger partial charge in [0.1, 0.15) is 5.82 Å². The van der Waals surface area contributed by atoms with E-state index in [1.54, 1.807) is 4.90 Å². The van der Waals surface area contributed by atoms with Crippen LogP contribution in [0.3, 0.4) is 0 Å². The smallest absolute Gasteiger partial charge is 0.369 e. The third kappa shape index (κ3) is 8.74. The van der Waals surface area contributed by atoms with Crippen molar-refractivity contribution >= 4 is 12.1 Å². The Morgan fingerprint density at radius 2 is 1.84 bits per heavy atom. The van der Waals surface area contributed by atoms with E-state index in [0.717, 1.165) is 50.8 Å². The molecular formula is C22H30F4N4O. The van der Waals surface area contributed by atoms with Crippen LogP contribution in [0.15, 0.2) is 18.2 Å². The van der Waals surface area contributed by atoms with Gasteiger partial charge in [-0.2, -0.15) is 18.4 Å². The second-order valence-corrected chi connectivity index (χ2v) is 7.94. The van der Waals surface area contributed by atoms with E-state index >= 15 is 0 Å². The van der Waals surface area contributed by atoms with Crippen LogP contribution in [-0.2, 0) is 11.0 Å². The predicted octanol–water partition coefficient (Wildman–Crippen LogP) is 4.19. The van der Waals surface area contributed by atoms with Crippen LogP contribution in [0.2, 0.25) is 0 Å². The van der Waals surface area contributed by atoms with Crippen molar-refractivity contribution in [1.82, 2.24) is 10.2 Å². The molecule has 1 fully saturated rings. The van der Waals surface area contributed by atoms with Gasteiger partial charge in [0.15, 0.2) is 0 Å². The largest absolute Gasteiger partial charge is 0.416 e. The molecule has 0 radical (unpaired) electrons. The molecule has 9 heteroatoms. The van der Waals surface area contributed by atoms with Gasteiger partial charge < -0.3 is 10.2 Å². The van der Waals surface area contributed by atoms with E-state index in [9.17, 15) is 22.4 Å².